The molecule has 96 valence electrons. The Labute approximate surface area is 103 Å². The number of nitriles is 1. The quantitative estimate of drug-likeness (QED) is 0.773. The van der Waals surface area contributed by atoms with Crippen LogP contribution in [0.25, 0.3) is 0 Å². The lowest BCUT2D eigenvalue weighted by Crippen LogP contribution is -2.12. The number of ether oxygens (including phenoxy) is 1. The van der Waals surface area contributed by atoms with Crippen LogP contribution in [0.5, 0.6) is 0 Å². The van der Waals surface area contributed by atoms with Crippen LogP contribution < -0.4 is 0 Å². The Morgan fingerprint density at radius 1 is 1.61 bits per heavy atom. The number of nitrogens with zero attached hydrogens (tertiary/aromatic N) is 2. The summed E-state index contributed by atoms with van der Waals surface area (Å²) in [5.41, 5.74) is -0.0642. The predicted molar refractivity (Wildman–Crippen MR) is 59.0 cm³/mol. The van der Waals surface area contributed by atoms with Crippen LogP contribution in [0.3, 0.4) is 0 Å². The van der Waals surface area contributed by atoms with Crippen molar-refractivity contribution >= 4 is 5.97 Å². The number of carbonyl (C=O) groups is 1. The molecular formula is C12H12F2N2O2. The van der Waals surface area contributed by atoms with Crippen molar-refractivity contribution in [3.8, 4) is 6.07 Å². The van der Waals surface area contributed by atoms with E-state index in [1.807, 2.05) is 0 Å². The van der Waals surface area contributed by atoms with Crippen molar-refractivity contribution in [2.75, 3.05) is 6.61 Å². The standard InChI is InChI=1S/C12H12F2N2O2/c1-3-18-11(17)4-8-7(2)16-6-10(12(13)14)9(8)5-15/h6,12H,3-4H2,1-2H3. The molecule has 18 heavy (non-hydrogen) atoms. The topological polar surface area (TPSA) is 63.0 Å². The molecule has 0 atom stereocenters. The van der Waals surface area contributed by atoms with E-state index in [9.17, 15) is 13.6 Å². The van der Waals surface area contributed by atoms with Gasteiger partial charge in [0.2, 0.25) is 0 Å². The van der Waals surface area contributed by atoms with E-state index in [4.69, 9.17) is 10.00 Å². The van der Waals surface area contributed by atoms with Gasteiger partial charge in [-0.15, -0.1) is 0 Å². The van der Waals surface area contributed by atoms with E-state index < -0.39 is 18.0 Å². The van der Waals surface area contributed by atoms with Crippen molar-refractivity contribution in [3.63, 3.8) is 0 Å². The predicted octanol–water partition coefficient (Wildman–Crippen LogP) is 2.30. The number of rotatable bonds is 4. The normalized spacial score (nSPS) is 10.2. The van der Waals surface area contributed by atoms with Crippen LogP contribution >= 0.6 is 0 Å². The number of alkyl halides is 2. The van der Waals surface area contributed by atoms with Gasteiger partial charge in [-0.2, -0.15) is 5.26 Å². The van der Waals surface area contributed by atoms with Gasteiger partial charge in [0.25, 0.3) is 6.43 Å². The van der Waals surface area contributed by atoms with Crippen molar-refractivity contribution in [3.05, 3.63) is 28.6 Å². The van der Waals surface area contributed by atoms with Crippen molar-refractivity contribution < 1.29 is 18.3 Å². The Kier molecular flexibility index (Phi) is 4.72. The number of hydrogen-bond donors (Lipinski definition) is 0. The molecule has 0 N–H and O–H groups in total. The summed E-state index contributed by atoms with van der Waals surface area (Å²) in [6, 6.07) is 1.71. The van der Waals surface area contributed by atoms with Gasteiger partial charge in [-0.1, -0.05) is 0 Å². The summed E-state index contributed by atoms with van der Waals surface area (Å²) in [7, 11) is 0. The Hall–Kier alpha value is -2.03. The fourth-order valence-corrected chi connectivity index (χ4v) is 1.53. The maximum absolute atomic E-state index is 12.7. The Morgan fingerprint density at radius 3 is 2.78 bits per heavy atom. The van der Waals surface area contributed by atoms with Crippen LogP contribution in [0, 0.1) is 18.3 Å². The zero-order valence-electron chi connectivity index (χ0n) is 10.0. The van der Waals surface area contributed by atoms with Gasteiger partial charge < -0.3 is 4.74 Å². The molecule has 0 unspecified atom stereocenters. The smallest absolute Gasteiger partial charge is 0.310 e. The third kappa shape index (κ3) is 3.00. The second kappa shape index (κ2) is 6.05. The average molecular weight is 254 g/mol. The van der Waals surface area contributed by atoms with Crippen molar-refractivity contribution in [2.24, 2.45) is 0 Å². The molecule has 0 bridgehead atoms. The summed E-state index contributed by atoms with van der Waals surface area (Å²) < 4.78 is 30.1. The Balaban J connectivity index is 3.21. The zero-order chi connectivity index (χ0) is 13.7. The van der Waals surface area contributed by atoms with E-state index in [2.05, 4.69) is 4.98 Å². The van der Waals surface area contributed by atoms with Gasteiger partial charge in [0.05, 0.1) is 24.2 Å². The van der Waals surface area contributed by atoms with Gasteiger partial charge in [0.1, 0.15) is 6.07 Å². The van der Waals surface area contributed by atoms with E-state index in [0.29, 0.717) is 5.69 Å². The maximum Gasteiger partial charge on any atom is 0.310 e. The number of aromatic nitrogens is 1. The van der Waals surface area contributed by atoms with Crippen molar-refractivity contribution in [1.82, 2.24) is 4.98 Å². The molecule has 1 aromatic rings. The highest BCUT2D eigenvalue weighted by Crippen LogP contribution is 2.26. The number of pyridine rings is 1. The van der Waals surface area contributed by atoms with Gasteiger partial charge in [0.15, 0.2) is 0 Å². The number of halogens is 2. The molecule has 1 rings (SSSR count). The molecule has 1 aromatic heterocycles. The monoisotopic (exact) mass is 254 g/mol. The summed E-state index contributed by atoms with van der Waals surface area (Å²) in [6.45, 7) is 3.40. The SMILES string of the molecule is CCOC(=O)Cc1c(C)ncc(C(F)F)c1C#N. The molecular weight excluding hydrogens is 242 g/mol. The lowest BCUT2D eigenvalue weighted by atomic mass is 10.00. The molecule has 1 heterocycles. The van der Waals surface area contributed by atoms with E-state index >= 15 is 0 Å². The Bertz CT molecular complexity index is 496. The molecule has 0 saturated carbocycles. The molecule has 6 heteroatoms. The van der Waals surface area contributed by atoms with Crippen molar-refractivity contribution in [2.45, 2.75) is 26.7 Å². The van der Waals surface area contributed by atoms with Crippen LogP contribution in [-0.4, -0.2) is 17.6 Å². The highest BCUT2D eigenvalue weighted by molar-refractivity contribution is 5.74. The zero-order valence-corrected chi connectivity index (χ0v) is 10.0. The summed E-state index contributed by atoms with van der Waals surface area (Å²) in [4.78, 5) is 15.2. The molecule has 0 saturated heterocycles. The van der Waals surface area contributed by atoms with Crippen LogP contribution in [0.1, 0.15) is 35.7 Å². The van der Waals surface area contributed by atoms with E-state index in [0.717, 1.165) is 6.20 Å². The lowest BCUT2D eigenvalue weighted by molar-refractivity contribution is -0.142. The maximum atomic E-state index is 12.7. The number of hydrogen-bond acceptors (Lipinski definition) is 4. The van der Waals surface area contributed by atoms with Crippen LogP contribution in [-0.2, 0) is 16.0 Å². The fourth-order valence-electron chi connectivity index (χ4n) is 1.53. The first-order valence-corrected chi connectivity index (χ1v) is 5.33. The Morgan fingerprint density at radius 2 is 2.28 bits per heavy atom. The molecule has 0 aliphatic heterocycles. The average Bonchev–Trinajstić information content (AvgIpc) is 2.31. The van der Waals surface area contributed by atoms with Gasteiger partial charge in [-0.05, 0) is 13.8 Å². The second-order valence-corrected chi connectivity index (χ2v) is 3.55. The summed E-state index contributed by atoms with van der Waals surface area (Å²) in [6.07, 6.45) is -2.06. The summed E-state index contributed by atoms with van der Waals surface area (Å²) in [5.74, 6) is -0.565. The molecule has 0 fully saturated rings. The second-order valence-electron chi connectivity index (χ2n) is 3.55. The van der Waals surface area contributed by atoms with Gasteiger partial charge in [0, 0.05) is 17.5 Å². The molecule has 0 amide bonds. The summed E-state index contributed by atoms with van der Waals surface area (Å²) in [5, 5.41) is 8.95. The fraction of sp³-hybridized carbons (Fsp3) is 0.417. The van der Waals surface area contributed by atoms with E-state index in [1.165, 1.54) is 0 Å². The number of aryl methyl sites for hydroxylation is 1. The minimum Gasteiger partial charge on any atom is -0.466 e. The molecule has 0 radical (unpaired) electrons. The largest absolute Gasteiger partial charge is 0.466 e. The minimum absolute atomic E-state index is 0.189. The molecule has 0 aliphatic carbocycles. The number of esters is 1. The lowest BCUT2D eigenvalue weighted by Gasteiger charge is -2.10. The van der Waals surface area contributed by atoms with Gasteiger partial charge in [-0.3, -0.25) is 9.78 Å². The third-order valence-electron chi connectivity index (χ3n) is 2.40. The molecule has 4 nitrogen and oxygen atoms in total. The first kappa shape index (κ1) is 14.0. The highest BCUT2D eigenvalue weighted by atomic mass is 19.3. The van der Waals surface area contributed by atoms with Crippen LogP contribution in [0.15, 0.2) is 6.20 Å². The minimum atomic E-state index is -2.80. The molecule has 0 spiro atoms. The first-order chi connectivity index (χ1) is 8.51. The first-order valence-electron chi connectivity index (χ1n) is 5.33. The molecule has 0 aromatic carbocycles. The number of carbonyl (C=O) groups excluding carboxylic acids is 1. The van der Waals surface area contributed by atoms with Gasteiger partial charge >= 0.3 is 5.97 Å². The van der Waals surface area contributed by atoms with Crippen molar-refractivity contribution in [1.29, 1.82) is 5.26 Å². The van der Waals surface area contributed by atoms with Gasteiger partial charge in [-0.25, -0.2) is 8.78 Å². The van der Waals surface area contributed by atoms with E-state index in [1.54, 1.807) is 19.9 Å². The van der Waals surface area contributed by atoms with Crippen LogP contribution in [0.4, 0.5) is 8.78 Å². The third-order valence-corrected chi connectivity index (χ3v) is 2.40. The molecule has 0 aliphatic rings. The van der Waals surface area contributed by atoms with E-state index in [-0.39, 0.29) is 24.2 Å². The summed E-state index contributed by atoms with van der Waals surface area (Å²) >= 11 is 0. The van der Waals surface area contributed by atoms with Crippen LogP contribution in [0.2, 0.25) is 0 Å². The highest BCUT2D eigenvalue weighted by Gasteiger charge is 2.20.